The SMILES string of the molecule is CCc1nc2cc(-c3ccccc3)cc(N)c2o1. The molecule has 90 valence electrons. The number of benzene rings is 2. The number of fused-ring (bicyclic) bond motifs is 1. The Morgan fingerprint density at radius 1 is 1.11 bits per heavy atom. The first-order valence-corrected chi connectivity index (χ1v) is 6.02. The van der Waals surface area contributed by atoms with E-state index in [0.29, 0.717) is 11.3 Å². The predicted molar refractivity (Wildman–Crippen MR) is 73.2 cm³/mol. The van der Waals surface area contributed by atoms with Gasteiger partial charge in [0.15, 0.2) is 11.5 Å². The standard InChI is InChI=1S/C15H14N2O/c1-2-14-17-13-9-11(8-12(16)15(13)18-14)10-6-4-3-5-7-10/h3-9H,2,16H2,1H3. The van der Waals surface area contributed by atoms with Gasteiger partial charge in [0.1, 0.15) is 5.52 Å². The predicted octanol–water partition coefficient (Wildman–Crippen LogP) is 3.64. The van der Waals surface area contributed by atoms with Crippen LogP contribution < -0.4 is 5.73 Å². The summed E-state index contributed by atoms with van der Waals surface area (Å²) in [7, 11) is 0. The second-order valence-electron chi connectivity index (χ2n) is 4.24. The number of aromatic nitrogens is 1. The van der Waals surface area contributed by atoms with Gasteiger partial charge in [0.05, 0.1) is 5.69 Å². The summed E-state index contributed by atoms with van der Waals surface area (Å²) >= 11 is 0. The van der Waals surface area contributed by atoms with Crippen molar-refractivity contribution in [2.24, 2.45) is 0 Å². The molecule has 0 saturated carbocycles. The Balaban J connectivity index is 2.21. The summed E-state index contributed by atoms with van der Waals surface area (Å²) in [6.45, 7) is 2.01. The van der Waals surface area contributed by atoms with Gasteiger partial charge in [0.25, 0.3) is 0 Å². The quantitative estimate of drug-likeness (QED) is 0.693. The fourth-order valence-electron chi connectivity index (χ4n) is 2.05. The number of hydrogen-bond acceptors (Lipinski definition) is 3. The Kier molecular flexibility index (Phi) is 2.52. The summed E-state index contributed by atoms with van der Waals surface area (Å²) in [4.78, 5) is 4.43. The molecule has 0 unspecified atom stereocenters. The van der Waals surface area contributed by atoms with Crippen molar-refractivity contribution in [1.82, 2.24) is 4.98 Å². The van der Waals surface area contributed by atoms with Gasteiger partial charge in [-0.3, -0.25) is 0 Å². The molecule has 3 heteroatoms. The molecular formula is C15H14N2O. The summed E-state index contributed by atoms with van der Waals surface area (Å²) < 4.78 is 5.60. The van der Waals surface area contributed by atoms with Gasteiger partial charge >= 0.3 is 0 Å². The second kappa shape index (κ2) is 4.18. The molecular weight excluding hydrogens is 224 g/mol. The number of anilines is 1. The number of nitrogens with zero attached hydrogens (tertiary/aromatic N) is 1. The van der Waals surface area contributed by atoms with Crippen LogP contribution in [0.2, 0.25) is 0 Å². The van der Waals surface area contributed by atoms with Crippen molar-refractivity contribution in [1.29, 1.82) is 0 Å². The molecule has 0 aliphatic rings. The van der Waals surface area contributed by atoms with Crippen molar-refractivity contribution < 1.29 is 4.42 Å². The lowest BCUT2D eigenvalue weighted by molar-refractivity contribution is 0.539. The number of hydrogen-bond donors (Lipinski definition) is 1. The highest BCUT2D eigenvalue weighted by Crippen LogP contribution is 2.29. The van der Waals surface area contributed by atoms with Gasteiger partial charge in [-0.05, 0) is 23.3 Å². The average Bonchev–Trinajstić information content (AvgIpc) is 2.83. The zero-order valence-corrected chi connectivity index (χ0v) is 10.2. The van der Waals surface area contributed by atoms with Crippen molar-refractivity contribution in [3.63, 3.8) is 0 Å². The topological polar surface area (TPSA) is 52.0 Å². The zero-order chi connectivity index (χ0) is 12.5. The maximum absolute atomic E-state index is 6.03. The van der Waals surface area contributed by atoms with Crippen LogP contribution >= 0.6 is 0 Å². The third kappa shape index (κ3) is 1.74. The highest BCUT2D eigenvalue weighted by atomic mass is 16.3. The van der Waals surface area contributed by atoms with Crippen LogP contribution in [0.15, 0.2) is 46.9 Å². The molecule has 3 rings (SSSR count). The van der Waals surface area contributed by atoms with Crippen molar-refractivity contribution in [3.05, 3.63) is 48.4 Å². The molecule has 1 aromatic heterocycles. The highest BCUT2D eigenvalue weighted by molar-refractivity contribution is 5.90. The summed E-state index contributed by atoms with van der Waals surface area (Å²) in [5, 5.41) is 0. The molecule has 2 aromatic carbocycles. The smallest absolute Gasteiger partial charge is 0.195 e. The first-order chi connectivity index (χ1) is 8.78. The zero-order valence-electron chi connectivity index (χ0n) is 10.2. The van der Waals surface area contributed by atoms with E-state index >= 15 is 0 Å². The van der Waals surface area contributed by atoms with Crippen LogP contribution in [0.1, 0.15) is 12.8 Å². The third-order valence-electron chi connectivity index (χ3n) is 2.97. The van der Waals surface area contributed by atoms with Gasteiger partial charge in [-0.2, -0.15) is 0 Å². The van der Waals surface area contributed by atoms with Gasteiger partial charge < -0.3 is 10.2 Å². The van der Waals surface area contributed by atoms with Crippen LogP contribution in [0.4, 0.5) is 5.69 Å². The van der Waals surface area contributed by atoms with Gasteiger partial charge in [-0.15, -0.1) is 0 Å². The Labute approximate surface area is 105 Å². The fourth-order valence-corrected chi connectivity index (χ4v) is 2.05. The molecule has 0 bridgehead atoms. The number of rotatable bonds is 2. The van der Waals surface area contributed by atoms with Crippen LogP contribution in [0.5, 0.6) is 0 Å². The van der Waals surface area contributed by atoms with Crippen LogP contribution in [0, 0.1) is 0 Å². The molecule has 0 atom stereocenters. The summed E-state index contributed by atoms with van der Waals surface area (Å²) in [5.74, 6) is 0.724. The van der Waals surface area contributed by atoms with Crippen molar-refractivity contribution >= 4 is 16.8 Å². The number of nitrogens with two attached hydrogens (primary N) is 1. The van der Waals surface area contributed by atoms with E-state index in [1.807, 2.05) is 37.3 Å². The van der Waals surface area contributed by atoms with E-state index in [1.54, 1.807) is 0 Å². The van der Waals surface area contributed by atoms with Crippen LogP contribution in [0.25, 0.3) is 22.2 Å². The van der Waals surface area contributed by atoms with E-state index in [0.717, 1.165) is 29.0 Å². The Morgan fingerprint density at radius 2 is 1.89 bits per heavy atom. The minimum Gasteiger partial charge on any atom is -0.439 e. The minimum absolute atomic E-state index is 0.638. The van der Waals surface area contributed by atoms with Gasteiger partial charge in [-0.1, -0.05) is 37.3 Å². The Bertz CT molecular complexity index is 686. The van der Waals surface area contributed by atoms with Crippen LogP contribution in [-0.2, 0) is 6.42 Å². The largest absolute Gasteiger partial charge is 0.439 e. The van der Waals surface area contributed by atoms with Crippen molar-refractivity contribution in [3.8, 4) is 11.1 Å². The van der Waals surface area contributed by atoms with Crippen LogP contribution in [0.3, 0.4) is 0 Å². The first-order valence-electron chi connectivity index (χ1n) is 6.02. The number of nitrogen functional groups attached to an aromatic ring is 1. The molecule has 2 N–H and O–H groups in total. The summed E-state index contributed by atoms with van der Waals surface area (Å²) in [6.07, 6.45) is 0.773. The molecule has 3 aromatic rings. The molecule has 0 amide bonds. The summed E-state index contributed by atoms with van der Waals surface area (Å²) in [5.41, 5.74) is 10.4. The van der Waals surface area contributed by atoms with Gasteiger partial charge in [0, 0.05) is 6.42 Å². The highest BCUT2D eigenvalue weighted by Gasteiger charge is 2.10. The maximum atomic E-state index is 6.03. The second-order valence-corrected chi connectivity index (χ2v) is 4.24. The average molecular weight is 238 g/mol. The van der Waals surface area contributed by atoms with Gasteiger partial charge in [0.2, 0.25) is 0 Å². The van der Waals surface area contributed by atoms with E-state index in [4.69, 9.17) is 10.2 Å². The molecule has 0 fully saturated rings. The fraction of sp³-hybridized carbons (Fsp3) is 0.133. The molecule has 1 heterocycles. The van der Waals surface area contributed by atoms with Gasteiger partial charge in [-0.25, -0.2) is 4.98 Å². The molecule has 0 aliphatic carbocycles. The first kappa shape index (κ1) is 10.8. The molecule has 0 spiro atoms. The van der Waals surface area contributed by atoms with E-state index in [-0.39, 0.29) is 0 Å². The van der Waals surface area contributed by atoms with Crippen molar-refractivity contribution in [2.45, 2.75) is 13.3 Å². The van der Waals surface area contributed by atoms with Crippen LogP contribution in [-0.4, -0.2) is 4.98 Å². The van der Waals surface area contributed by atoms with E-state index in [1.165, 1.54) is 0 Å². The monoisotopic (exact) mass is 238 g/mol. The lowest BCUT2D eigenvalue weighted by Gasteiger charge is -2.02. The number of aryl methyl sites for hydroxylation is 1. The summed E-state index contributed by atoms with van der Waals surface area (Å²) in [6, 6.07) is 14.1. The van der Waals surface area contributed by atoms with E-state index in [2.05, 4.69) is 17.1 Å². The lowest BCUT2D eigenvalue weighted by Crippen LogP contribution is -1.87. The third-order valence-corrected chi connectivity index (χ3v) is 2.97. The Hall–Kier alpha value is -2.29. The molecule has 0 saturated heterocycles. The van der Waals surface area contributed by atoms with Crippen molar-refractivity contribution in [2.75, 3.05) is 5.73 Å². The number of oxazole rings is 1. The van der Waals surface area contributed by atoms with E-state index in [9.17, 15) is 0 Å². The molecule has 0 radical (unpaired) electrons. The molecule has 3 nitrogen and oxygen atoms in total. The maximum Gasteiger partial charge on any atom is 0.195 e. The van der Waals surface area contributed by atoms with E-state index < -0.39 is 0 Å². The Morgan fingerprint density at radius 3 is 2.61 bits per heavy atom. The minimum atomic E-state index is 0.638. The normalized spacial score (nSPS) is 10.9. The molecule has 18 heavy (non-hydrogen) atoms. The lowest BCUT2D eigenvalue weighted by atomic mass is 10.0. The molecule has 0 aliphatic heterocycles.